The highest BCUT2D eigenvalue weighted by atomic mass is 32.1. The van der Waals surface area contributed by atoms with Gasteiger partial charge < -0.3 is 4.42 Å². The molecular formula is C6H6N6OS2. The van der Waals surface area contributed by atoms with E-state index in [0.717, 1.165) is 0 Å². The maximum atomic E-state index is 4.36. The van der Waals surface area contributed by atoms with Gasteiger partial charge in [0.25, 0.3) is 0 Å². The standard InChI is InChI=1S/C2H2N2O.2C2H2N2S/c1-3-4-2-5-1;1-3-2-5-4-1;1-2-5-4-3-1/h3*1-2H. The summed E-state index contributed by atoms with van der Waals surface area (Å²) in [5, 5.41) is 11.9. The van der Waals surface area contributed by atoms with Crippen molar-refractivity contribution >= 4 is 23.1 Å². The van der Waals surface area contributed by atoms with E-state index in [-0.39, 0.29) is 0 Å². The second-order valence-corrected chi connectivity index (χ2v) is 3.03. The van der Waals surface area contributed by atoms with Gasteiger partial charge in [0, 0.05) is 5.38 Å². The van der Waals surface area contributed by atoms with Crippen LogP contribution >= 0.6 is 23.1 Å². The van der Waals surface area contributed by atoms with Gasteiger partial charge in [-0.3, -0.25) is 0 Å². The Kier molecular flexibility index (Phi) is 6.68. The highest BCUT2D eigenvalue weighted by Gasteiger charge is 1.61. The topological polar surface area (TPSA) is 90.5 Å². The molecule has 0 N–H and O–H groups in total. The normalized spacial score (nSPS) is 8.00. The molecule has 0 aliphatic heterocycles. The minimum absolute atomic E-state index is 1.26. The molecule has 0 saturated heterocycles. The largest absolute Gasteiger partial charge is 0.431 e. The van der Waals surface area contributed by atoms with Crippen molar-refractivity contribution in [3.8, 4) is 0 Å². The van der Waals surface area contributed by atoms with Crippen LogP contribution in [-0.2, 0) is 0 Å². The van der Waals surface area contributed by atoms with Crippen LogP contribution < -0.4 is 0 Å². The van der Waals surface area contributed by atoms with Crippen LogP contribution in [0.5, 0.6) is 0 Å². The minimum Gasteiger partial charge on any atom is -0.431 e. The highest BCUT2D eigenvalue weighted by molar-refractivity contribution is 7.03. The molecule has 7 nitrogen and oxygen atoms in total. The van der Waals surface area contributed by atoms with Crippen LogP contribution in [-0.4, -0.2) is 29.1 Å². The second-order valence-electron chi connectivity index (χ2n) is 1.75. The van der Waals surface area contributed by atoms with Gasteiger partial charge in [-0.1, -0.05) is 4.49 Å². The summed E-state index contributed by atoms with van der Waals surface area (Å²) in [5.41, 5.74) is 1.68. The van der Waals surface area contributed by atoms with E-state index < -0.39 is 0 Å². The van der Waals surface area contributed by atoms with Crippen LogP contribution in [0.3, 0.4) is 0 Å². The van der Waals surface area contributed by atoms with E-state index in [4.69, 9.17) is 0 Å². The number of rotatable bonds is 0. The fourth-order valence-electron chi connectivity index (χ4n) is 0.408. The van der Waals surface area contributed by atoms with Gasteiger partial charge in [-0.05, 0) is 23.1 Å². The smallest absolute Gasteiger partial charge is 0.203 e. The van der Waals surface area contributed by atoms with Gasteiger partial charge in [0.2, 0.25) is 12.8 Å². The van der Waals surface area contributed by atoms with Crippen molar-refractivity contribution in [2.75, 3.05) is 0 Å². The lowest BCUT2D eigenvalue weighted by Crippen LogP contribution is -1.53. The molecule has 3 aromatic rings. The van der Waals surface area contributed by atoms with Gasteiger partial charge in [-0.15, -0.1) is 15.3 Å². The summed E-state index contributed by atoms with van der Waals surface area (Å²) in [6.07, 6.45) is 5.70. The Hall–Kier alpha value is -1.74. The van der Waals surface area contributed by atoms with Crippen molar-refractivity contribution in [1.82, 2.24) is 29.1 Å². The Morgan fingerprint density at radius 2 is 1.87 bits per heavy atom. The first-order chi connectivity index (χ1) is 7.50. The Balaban J connectivity index is 0.000000112. The van der Waals surface area contributed by atoms with Crippen LogP contribution in [0.15, 0.2) is 40.6 Å². The SMILES string of the molecule is c1csnn1.c1ncsn1.c1nnco1. The highest BCUT2D eigenvalue weighted by Crippen LogP contribution is 1.78. The Morgan fingerprint density at radius 3 is 2.07 bits per heavy atom. The quantitative estimate of drug-likeness (QED) is 0.583. The number of hydrogen-bond acceptors (Lipinski definition) is 9. The van der Waals surface area contributed by atoms with E-state index in [1.807, 2.05) is 5.38 Å². The van der Waals surface area contributed by atoms with E-state index in [1.165, 1.54) is 42.2 Å². The fourth-order valence-corrected chi connectivity index (χ4v) is 0.953. The van der Waals surface area contributed by atoms with Crippen LogP contribution in [0, 0.1) is 0 Å². The third-order valence-corrected chi connectivity index (χ3v) is 1.71. The Morgan fingerprint density at radius 1 is 1.00 bits per heavy atom. The molecule has 0 aromatic carbocycles. The summed E-state index contributed by atoms with van der Waals surface area (Å²) >= 11 is 2.70. The molecule has 0 fully saturated rings. The van der Waals surface area contributed by atoms with Crippen molar-refractivity contribution in [3.63, 3.8) is 0 Å². The zero-order valence-electron chi connectivity index (χ0n) is 7.37. The summed E-state index contributed by atoms with van der Waals surface area (Å²) < 4.78 is 11.5. The maximum absolute atomic E-state index is 4.36. The molecule has 0 spiro atoms. The summed E-state index contributed by atoms with van der Waals surface area (Å²) in [5.74, 6) is 0. The lowest BCUT2D eigenvalue weighted by Gasteiger charge is -1.44. The van der Waals surface area contributed by atoms with E-state index in [0.29, 0.717) is 0 Å². The van der Waals surface area contributed by atoms with Crippen molar-refractivity contribution in [1.29, 1.82) is 0 Å². The Labute approximate surface area is 93.2 Å². The lowest BCUT2D eigenvalue weighted by atomic mass is 11.1. The van der Waals surface area contributed by atoms with Gasteiger partial charge >= 0.3 is 0 Å². The summed E-state index contributed by atoms with van der Waals surface area (Å²) in [6.45, 7) is 0. The van der Waals surface area contributed by atoms with Crippen molar-refractivity contribution < 1.29 is 4.42 Å². The molecule has 0 atom stereocenters. The predicted octanol–water partition coefficient (Wildman–Crippen LogP) is 1.15. The fraction of sp³-hybridized carbons (Fsp3) is 0. The predicted molar refractivity (Wildman–Crippen MR) is 54.1 cm³/mol. The first kappa shape index (κ1) is 11.3. The number of aromatic nitrogens is 6. The third kappa shape index (κ3) is 7.34. The van der Waals surface area contributed by atoms with E-state index in [9.17, 15) is 0 Å². The first-order valence-corrected chi connectivity index (χ1v) is 5.26. The third-order valence-electron chi connectivity index (χ3n) is 0.848. The molecule has 9 heteroatoms. The van der Waals surface area contributed by atoms with Gasteiger partial charge in [-0.25, -0.2) is 4.98 Å². The summed E-state index contributed by atoms with van der Waals surface area (Å²) in [7, 11) is 0. The molecule has 0 radical (unpaired) electrons. The average molecular weight is 242 g/mol. The molecule has 78 valence electrons. The molecule has 3 heterocycles. The molecule has 3 aromatic heterocycles. The zero-order chi connectivity index (χ0) is 10.6. The molecule has 0 unspecified atom stereocenters. The van der Waals surface area contributed by atoms with Crippen LogP contribution in [0.2, 0.25) is 0 Å². The Bertz CT molecular complexity index is 258. The molecule has 0 aliphatic rings. The average Bonchev–Trinajstić information content (AvgIpc) is 3.09. The summed E-state index contributed by atoms with van der Waals surface area (Å²) in [6, 6.07) is 0. The first-order valence-electron chi connectivity index (χ1n) is 3.59. The minimum atomic E-state index is 1.26. The van der Waals surface area contributed by atoms with Crippen molar-refractivity contribution in [2.45, 2.75) is 0 Å². The monoisotopic (exact) mass is 242 g/mol. The van der Waals surface area contributed by atoms with E-state index >= 15 is 0 Å². The number of hydrogen-bond donors (Lipinski definition) is 0. The van der Waals surface area contributed by atoms with Crippen molar-refractivity contribution in [2.24, 2.45) is 0 Å². The van der Waals surface area contributed by atoms with Gasteiger partial charge in [0.05, 0.1) is 6.20 Å². The van der Waals surface area contributed by atoms with Crippen LogP contribution in [0.1, 0.15) is 0 Å². The van der Waals surface area contributed by atoms with E-state index in [2.05, 4.69) is 33.6 Å². The molecule has 0 bridgehead atoms. The zero-order valence-corrected chi connectivity index (χ0v) is 9.01. The van der Waals surface area contributed by atoms with Gasteiger partial charge in [-0.2, -0.15) is 4.37 Å². The molecule has 0 amide bonds. The summed E-state index contributed by atoms with van der Waals surface area (Å²) in [4.78, 5) is 3.63. The molecule has 15 heavy (non-hydrogen) atoms. The molecule has 3 rings (SSSR count). The second kappa shape index (κ2) is 8.84. The van der Waals surface area contributed by atoms with Gasteiger partial charge in [0.15, 0.2) is 0 Å². The maximum Gasteiger partial charge on any atom is 0.203 e. The van der Waals surface area contributed by atoms with Gasteiger partial charge in [0.1, 0.15) is 11.8 Å². The molecule has 0 aliphatic carbocycles. The molecule has 0 saturated carbocycles. The van der Waals surface area contributed by atoms with Crippen LogP contribution in [0.25, 0.3) is 0 Å². The van der Waals surface area contributed by atoms with Crippen LogP contribution in [0.4, 0.5) is 0 Å². The van der Waals surface area contributed by atoms with Crippen molar-refractivity contribution in [3.05, 3.63) is 36.2 Å². The lowest BCUT2D eigenvalue weighted by molar-refractivity contribution is 0.553. The molecular weight excluding hydrogens is 236 g/mol. The number of nitrogens with zero attached hydrogens (tertiary/aromatic N) is 6. The van der Waals surface area contributed by atoms with E-state index in [1.54, 1.807) is 11.7 Å².